The van der Waals surface area contributed by atoms with E-state index in [0.29, 0.717) is 6.54 Å². The van der Waals surface area contributed by atoms with Crippen LogP contribution in [0.25, 0.3) is 0 Å². The average Bonchev–Trinajstić information content (AvgIpc) is 2.75. The fraction of sp³-hybridized carbons (Fsp3) is 0.409. The molecule has 0 bridgehead atoms. The van der Waals surface area contributed by atoms with Gasteiger partial charge in [-0.3, -0.25) is 19.8 Å². The van der Waals surface area contributed by atoms with Crippen molar-refractivity contribution in [2.75, 3.05) is 58.8 Å². The van der Waals surface area contributed by atoms with Crippen LogP contribution in [0, 0.1) is 10.1 Å². The third-order valence-corrected chi connectivity index (χ3v) is 5.96. The van der Waals surface area contributed by atoms with Gasteiger partial charge in [0.15, 0.2) is 0 Å². The number of benzene rings is 2. The summed E-state index contributed by atoms with van der Waals surface area (Å²) in [5, 5.41) is 14.2. The van der Waals surface area contributed by atoms with Crippen LogP contribution < -0.4 is 10.2 Å². The van der Waals surface area contributed by atoms with Crippen LogP contribution in [-0.2, 0) is 0 Å². The number of anilines is 1. The molecule has 1 N–H and O–H groups in total. The molecule has 1 aliphatic rings. The van der Waals surface area contributed by atoms with Gasteiger partial charge in [-0.2, -0.15) is 0 Å². The van der Waals surface area contributed by atoms with Crippen LogP contribution >= 0.6 is 11.6 Å². The molecule has 0 aromatic heterocycles. The first-order chi connectivity index (χ1) is 14.8. The SMILES string of the molecule is CN1CCN([C@H](CNC(=O)c2cc([N+](=O)[O-])ccc2Cl)c2ccc(N(C)C)cc2)CC1. The van der Waals surface area contributed by atoms with E-state index in [1.54, 1.807) is 0 Å². The van der Waals surface area contributed by atoms with Gasteiger partial charge in [0.2, 0.25) is 0 Å². The smallest absolute Gasteiger partial charge is 0.270 e. The molecule has 0 radical (unpaired) electrons. The largest absolute Gasteiger partial charge is 0.378 e. The number of rotatable bonds is 7. The van der Waals surface area contributed by atoms with Gasteiger partial charge in [-0.05, 0) is 30.8 Å². The number of likely N-dealkylation sites (N-methyl/N-ethyl adjacent to an activating group) is 1. The highest BCUT2D eigenvalue weighted by Crippen LogP contribution is 2.25. The second-order valence-corrected chi connectivity index (χ2v) is 8.38. The molecule has 0 saturated carbocycles. The number of hydrogen-bond donors (Lipinski definition) is 1. The molecule has 1 atom stereocenters. The van der Waals surface area contributed by atoms with E-state index in [9.17, 15) is 14.9 Å². The minimum atomic E-state index is -0.535. The predicted molar refractivity (Wildman–Crippen MR) is 123 cm³/mol. The van der Waals surface area contributed by atoms with E-state index in [1.165, 1.54) is 18.2 Å². The standard InChI is InChI=1S/C22H28ClN5O3/c1-25(2)17-6-4-16(5-7-17)21(27-12-10-26(3)11-13-27)15-24-22(29)19-14-18(28(30)31)8-9-20(19)23/h4-9,14,21H,10-13,15H2,1-3H3,(H,24,29)/t21-/m1/s1. The van der Waals surface area contributed by atoms with Crippen LogP contribution in [0.15, 0.2) is 42.5 Å². The van der Waals surface area contributed by atoms with Crippen LogP contribution in [0.1, 0.15) is 22.0 Å². The lowest BCUT2D eigenvalue weighted by Gasteiger charge is -2.38. The summed E-state index contributed by atoms with van der Waals surface area (Å²) in [6.45, 7) is 4.07. The first kappa shape index (κ1) is 23.0. The van der Waals surface area contributed by atoms with Crippen LogP contribution in [0.5, 0.6) is 0 Å². The molecule has 1 heterocycles. The van der Waals surface area contributed by atoms with E-state index < -0.39 is 10.8 Å². The van der Waals surface area contributed by atoms with Crippen molar-refractivity contribution in [2.24, 2.45) is 0 Å². The summed E-state index contributed by atoms with van der Waals surface area (Å²) in [6, 6.07) is 12.2. The van der Waals surface area contributed by atoms with Crippen LogP contribution in [0.4, 0.5) is 11.4 Å². The quantitative estimate of drug-likeness (QED) is 0.521. The lowest BCUT2D eigenvalue weighted by molar-refractivity contribution is -0.384. The number of non-ortho nitro benzene ring substituents is 1. The Morgan fingerprint density at radius 1 is 1.16 bits per heavy atom. The van der Waals surface area contributed by atoms with E-state index in [1.807, 2.05) is 19.0 Å². The Kier molecular flexibility index (Phi) is 7.48. The summed E-state index contributed by atoms with van der Waals surface area (Å²) in [7, 11) is 6.09. The lowest BCUT2D eigenvalue weighted by atomic mass is 10.0. The fourth-order valence-corrected chi connectivity index (χ4v) is 3.87. The zero-order valence-corrected chi connectivity index (χ0v) is 18.8. The molecule has 0 aliphatic carbocycles. The Bertz CT molecular complexity index is 927. The Morgan fingerprint density at radius 2 is 1.81 bits per heavy atom. The average molecular weight is 446 g/mol. The molecular formula is C22H28ClN5O3. The molecule has 3 rings (SSSR count). The highest BCUT2D eigenvalue weighted by molar-refractivity contribution is 6.33. The number of nitrogens with zero attached hydrogens (tertiary/aromatic N) is 4. The Morgan fingerprint density at radius 3 is 2.39 bits per heavy atom. The summed E-state index contributed by atoms with van der Waals surface area (Å²) < 4.78 is 0. The van der Waals surface area contributed by atoms with Gasteiger partial charge >= 0.3 is 0 Å². The molecule has 2 aromatic rings. The molecule has 0 spiro atoms. The molecule has 31 heavy (non-hydrogen) atoms. The number of halogens is 1. The van der Waals surface area contributed by atoms with Gasteiger partial charge in [0.1, 0.15) is 0 Å². The number of piperazine rings is 1. The molecule has 1 saturated heterocycles. The maximum absolute atomic E-state index is 12.8. The van der Waals surface area contributed by atoms with Crippen LogP contribution in [0.3, 0.4) is 0 Å². The topological polar surface area (TPSA) is 82.0 Å². The van der Waals surface area contributed by atoms with Gasteiger partial charge in [0.05, 0.1) is 21.6 Å². The number of nitrogens with one attached hydrogen (secondary N) is 1. The minimum absolute atomic E-state index is 0.00802. The third-order valence-electron chi connectivity index (χ3n) is 5.63. The normalized spacial score (nSPS) is 16.0. The molecule has 9 heteroatoms. The zero-order valence-electron chi connectivity index (χ0n) is 18.0. The van der Waals surface area contributed by atoms with E-state index in [4.69, 9.17) is 11.6 Å². The van der Waals surface area contributed by atoms with Crippen molar-refractivity contribution in [3.63, 3.8) is 0 Å². The Hall–Kier alpha value is -2.68. The number of amides is 1. The van der Waals surface area contributed by atoms with E-state index in [0.717, 1.165) is 37.4 Å². The zero-order chi connectivity index (χ0) is 22.5. The summed E-state index contributed by atoms with van der Waals surface area (Å²) in [6.07, 6.45) is 0. The summed E-state index contributed by atoms with van der Waals surface area (Å²) >= 11 is 6.14. The van der Waals surface area contributed by atoms with Gasteiger partial charge < -0.3 is 15.1 Å². The monoisotopic (exact) mass is 445 g/mol. The van der Waals surface area contributed by atoms with Gasteiger partial charge in [0, 0.05) is 64.6 Å². The highest BCUT2D eigenvalue weighted by atomic mass is 35.5. The maximum Gasteiger partial charge on any atom is 0.270 e. The fourth-order valence-electron chi connectivity index (χ4n) is 3.67. The van der Waals surface area contributed by atoms with Gasteiger partial charge in [-0.15, -0.1) is 0 Å². The highest BCUT2D eigenvalue weighted by Gasteiger charge is 2.25. The van der Waals surface area contributed by atoms with Crippen molar-refractivity contribution < 1.29 is 9.72 Å². The predicted octanol–water partition coefficient (Wildman–Crippen LogP) is 3.03. The number of nitro benzene ring substituents is 1. The van der Waals surface area contributed by atoms with E-state index >= 15 is 0 Å². The minimum Gasteiger partial charge on any atom is -0.378 e. The molecule has 1 fully saturated rings. The third kappa shape index (κ3) is 5.72. The van der Waals surface area contributed by atoms with Crippen molar-refractivity contribution in [3.05, 3.63) is 68.7 Å². The van der Waals surface area contributed by atoms with E-state index in [-0.39, 0.29) is 22.3 Å². The molecule has 1 amide bonds. The van der Waals surface area contributed by atoms with Crippen LogP contribution in [-0.4, -0.2) is 74.5 Å². The first-order valence-electron chi connectivity index (χ1n) is 10.2. The lowest BCUT2D eigenvalue weighted by Crippen LogP contribution is -2.48. The van der Waals surface area contributed by atoms with E-state index in [2.05, 4.69) is 46.4 Å². The summed E-state index contributed by atoms with van der Waals surface area (Å²) in [5.74, 6) is -0.419. The molecule has 0 unspecified atom stereocenters. The van der Waals surface area contributed by atoms with Crippen molar-refractivity contribution >= 4 is 28.9 Å². The van der Waals surface area contributed by atoms with Gasteiger partial charge in [-0.25, -0.2) is 0 Å². The molecular weight excluding hydrogens is 418 g/mol. The second-order valence-electron chi connectivity index (χ2n) is 7.97. The van der Waals surface area contributed by atoms with Gasteiger partial charge in [0.25, 0.3) is 11.6 Å². The number of hydrogen-bond acceptors (Lipinski definition) is 6. The molecule has 8 nitrogen and oxygen atoms in total. The maximum atomic E-state index is 12.8. The van der Waals surface area contributed by atoms with Crippen molar-refractivity contribution in [1.82, 2.24) is 15.1 Å². The number of carbonyl (C=O) groups is 1. The van der Waals surface area contributed by atoms with Gasteiger partial charge in [-0.1, -0.05) is 23.7 Å². The second kappa shape index (κ2) is 10.1. The molecule has 1 aliphatic heterocycles. The Balaban J connectivity index is 1.79. The number of nitro groups is 1. The van der Waals surface area contributed by atoms with Crippen molar-refractivity contribution in [2.45, 2.75) is 6.04 Å². The Labute approximate surface area is 187 Å². The molecule has 2 aromatic carbocycles. The van der Waals surface area contributed by atoms with Crippen LogP contribution in [0.2, 0.25) is 5.02 Å². The van der Waals surface area contributed by atoms with Crippen molar-refractivity contribution in [1.29, 1.82) is 0 Å². The summed E-state index contributed by atoms with van der Waals surface area (Å²) in [5.41, 5.74) is 2.16. The first-order valence-corrected chi connectivity index (χ1v) is 10.6. The number of carbonyl (C=O) groups excluding carboxylic acids is 1. The summed E-state index contributed by atoms with van der Waals surface area (Å²) in [4.78, 5) is 30.0. The molecule has 166 valence electrons. The van der Waals surface area contributed by atoms with Crippen molar-refractivity contribution in [3.8, 4) is 0 Å².